The Kier molecular flexibility index (Phi) is 2.85. The van der Waals surface area contributed by atoms with Gasteiger partial charge in [0.05, 0.1) is 5.60 Å². The van der Waals surface area contributed by atoms with Crippen LogP contribution in [-0.4, -0.2) is 5.11 Å². The molecular formula is C10H10F3O. The van der Waals surface area contributed by atoms with Gasteiger partial charge in [0.25, 0.3) is 0 Å². The molecule has 0 bridgehead atoms. The SMILES string of the molecule is [CH2]C(O)(CC)c1cc(F)c(F)cc1F. The molecule has 0 saturated heterocycles. The summed E-state index contributed by atoms with van der Waals surface area (Å²) in [5, 5.41) is 9.55. The van der Waals surface area contributed by atoms with Gasteiger partial charge in [-0.2, -0.15) is 0 Å². The van der Waals surface area contributed by atoms with Gasteiger partial charge in [0.1, 0.15) is 5.82 Å². The number of rotatable bonds is 2. The van der Waals surface area contributed by atoms with Crippen molar-refractivity contribution in [3.05, 3.63) is 42.1 Å². The fourth-order valence-electron chi connectivity index (χ4n) is 1.07. The summed E-state index contributed by atoms with van der Waals surface area (Å²) >= 11 is 0. The van der Waals surface area contributed by atoms with Gasteiger partial charge in [-0.3, -0.25) is 0 Å². The summed E-state index contributed by atoms with van der Waals surface area (Å²) < 4.78 is 38.4. The maximum atomic E-state index is 13.1. The Morgan fingerprint density at radius 3 is 2.21 bits per heavy atom. The van der Waals surface area contributed by atoms with E-state index in [4.69, 9.17) is 0 Å². The molecule has 0 aromatic heterocycles. The second-order valence-corrected chi connectivity index (χ2v) is 3.13. The third-order valence-electron chi connectivity index (χ3n) is 2.10. The van der Waals surface area contributed by atoms with Crippen LogP contribution in [0.2, 0.25) is 0 Å². The lowest BCUT2D eigenvalue weighted by Gasteiger charge is -2.22. The highest BCUT2D eigenvalue weighted by Gasteiger charge is 2.26. The van der Waals surface area contributed by atoms with Crippen LogP contribution in [0.5, 0.6) is 0 Å². The Morgan fingerprint density at radius 1 is 1.21 bits per heavy atom. The monoisotopic (exact) mass is 203 g/mol. The minimum Gasteiger partial charge on any atom is -0.385 e. The van der Waals surface area contributed by atoms with Gasteiger partial charge in [-0.05, 0) is 19.4 Å². The molecule has 4 heteroatoms. The molecule has 1 unspecified atom stereocenters. The summed E-state index contributed by atoms with van der Waals surface area (Å²) in [7, 11) is 0. The quantitative estimate of drug-likeness (QED) is 0.732. The van der Waals surface area contributed by atoms with E-state index >= 15 is 0 Å². The third kappa shape index (κ3) is 1.90. The lowest BCUT2D eigenvalue weighted by molar-refractivity contribution is 0.0774. The first-order valence-electron chi connectivity index (χ1n) is 4.11. The highest BCUT2D eigenvalue weighted by Crippen LogP contribution is 2.27. The first-order valence-corrected chi connectivity index (χ1v) is 4.11. The zero-order valence-corrected chi connectivity index (χ0v) is 7.65. The fraction of sp³-hybridized carbons (Fsp3) is 0.300. The van der Waals surface area contributed by atoms with Gasteiger partial charge in [-0.15, -0.1) is 0 Å². The van der Waals surface area contributed by atoms with Gasteiger partial charge in [-0.25, -0.2) is 13.2 Å². The van der Waals surface area contributed by atoms with Crippen molar-refractivity contribution in [2.24, 2.45) is 0 Å². The van der Waals surface area contributed by atoms with Crippen molar-refractivity contribution in [1.29, 1.82) is 0 Å². The van der Waals surface area contributed by atoms with Gasteiger partial charge in [-0.1, -0.05) is 6.92 Å². The molecule has 1 atom stereocenters. The lowest BCUT2D eigenvalue weighted by Crippen LogP contribution is -2.22. The number of hydrogen-bond acceptors (Lipinski definition) is 1. The van der Waals surface area contributed by atoms with Gasteiger partial charge in [0.15, 0.2) is 11.6 Å². The Balaban J connectivity index is 3.29. The van der Waals surface area contributed by atoms with E-state index in [1.54, 1.807) is 6.92 Å². The van der Waals surface area contributed by atoms with Crippen molar-refractivity contribution in [2.45, 2.75) is 18.9 Å². The van der Waals surface area contributed by atoms with E-state index in [-0.39, 0.29) is 12.0 Å². The molecule has 0 aliphatic rings. The van der Waals surface area contributed by atoms with Gasteiger partial charge in [0, 0.05) is 11.6 Å². The van der Waals surface area contributed by atoms with E-state index in [9.17, 15) is 18.3 Å². The second-order valence-electron chi connectivity index (χ2n) is 3.13. The standard InChI is InChI=1S/C10H10F3O/c1-3-10(2,14)6-4-8(12)9(13)5-7(6)11/h4-5,14H,2-3H2,1H3. The molecule has 0 amide bonds. The van der Waals surface area contributed by atoms with Crippen LogP contribution in [0, 0.1) is 24.4 Å². The second kappa shape index (κ2) is 3.61. The van der Waals surface area contributed by atoms with Gasteiger partial charge >= 0.3 is 0 Å². The van der Waals surface area contributed by atoms with Crippen LogP contribution in [0.3, 0.4) is 0 Å². The molecule has 1 nitrogen and oxygen atoms in total. The fourth-order valence-corrected chi connectivity index (χ4v) is 1.07. The molecule has 1 N–H and O–H groups in total. The predicted molar refractivity (Wildman–Crippen MR) is 45.9 cm³/mol. The first-order chi connectivity index (χ1) is 6.38. The van der Waals surface area contributed by atoms with Crippen molar-refractivity contribution in [3.63, 3.8) is 0 Å². The molecule has 1 aromatic carbocycles. The highest BCUT2D eigenvalue weighted by molar-refractivity contribution is 5.26. The summed E-state index contributed by atoms with van der Waals surface area (Å²) in [4.78, 5) is 0. The number of hydrogen-bond donors (Lipinski definition) is 1. The maximum absolute atomic E-state index is 13.1. The third-order valence-corrected chi connectivity index (χ3v) is 2.10. The molecule has 77 valence electrons. The Morgan fingerprint density at radius 2 is 1.71 bits per heavy atom. The Hall–Kier alpha value is -1.03. The molecule has 1 aromatic rings. The number of halogens is 3. The summed E-state index contributed by atoms with van der Waals surface area (Å²) in [5.74, 6) is -3.47. The topological polar surface area (TPSA) is 20.2 Å². The summed E-state index contributed by atoms with van der Waals surface area (Å²) in [5.41, 5.74) is -2.06. The summed E-state index contributed by atoms with van der Waals surface area (Å²) in [6.07, 6.45) is 0.106. The molecule has 0 fully saturated rings. The molecule has 0 spiro atoms. The van der Waals surface area contributed by atoms with E-state index in [1.807, 2.05) is 0 Å². The first kappa shape index (κ1) is 11.0. The van der Waals surface area contributed by atoms with E-state index in [0.717, 1.165) is 0 Å². The van der Waals surface area contributed by atoms with E-state index in [0.29, 0.717) is 12.1 Å². The van der Waals surface area contributed by atoms with Crippen molar-refractivity contribution in [3.8, 4) is 0 Å². The molecule has 0 heterocycles. The minimum atomic E-state index is -1.72. The van der Waals surface area contributed by atoms with Crippen molar-refractivity contribution < 1.29 is 18.3 Å². The van der Waals surface area contributed by atoms with E-state index in [1.165, 1.54) is 0 Å². The average Bonchev–Trinajstić information content (AvgIpc) is 2.11. The van der Waals surface area contributed by atoms with Crippen LogP contribution in [0.15, 0.2) is 12.1 Å². The van der Waals surface area contributed by atoms with Crippen molar-refractivity contribution >= 4 is 0 Å². The van der Waals surface area contributed by atoms with Crippen molar-refractivity contribution in [1.82, 2.24) is 0 Å². The Bertz CT molecular complexity index is 347. The highest BCUT2D eigenvalue weighted by atomic mass is 19.2. The lowest BCUT2D eigenvalue weighted by atomic mass is 9.93. The molecule has 0 saturated carbocycles. The number of benzene rings is 1. The van der Waals surface area contributed by atoms with Crippen LogP contribution in [0.1, 0.15) is 18.9 Å². The normalized spacial score (nSPS) is 15.3. The van der Waals surface area contributed by atoms with Gasteiger partial charge in [0.2, 0.25) is 0 Å². The molecule has 14 heavy (non-hydrogen) atoms. The maximum Gasteiger partial charge on any atom is 0.161 e. The van der Waals surface area contributed by atoms with Crippen molar-refractivity contribution in [2.75, 3.05) is 0 Å². The zero-order valence-electron chi connectivity index (χ0n) is 7.65. The van der Waals surface area contributed by atoms with Gasteiger partial charge < -0.3 is 5.11 Å². The summed E-state index contributed by atoms with van der Waals surface area (Å²) in [6, 6.07) is 1.03. The van der Waals surface area contributed by atoms with Crippen LogP contribution in [0.25, 0.3) is 0 Å². The van der Waals surface area contributed by atoms with E-state index in [2.05, 4.69) is 6.92 Å². The largest absolute Gasteiger partial charge is 0.385 e. The number of aliphatic hydroxyl groups is 1. The summed E-state index contributed by atoms with van der Waals surface area (Å²) in [6.45, 7) is 4.88. The molecular weight excluding hydrogens is 193 g/mol. The molecule has 1 rings (SSSR count). The van der Waals surface area contributed by atoms with Crippen LogP contribution < -0.4 is 0 Å². The van der Waals surface area contributed by atoms with Crippen LogP contribution in [-0.2, 0) is 5.60 Å². The molecule has 0 aliphatic heterocycles. The molecule has 0 aliphatic carbocycles. The average molecular weight is 203 g/mol. The van der Waals surface area contributed by atoms with Crippen LogP contribution in [0.4, 0.5) is 13.2 Å². The smallest absolute Gasteiger partial charge is 0.161 e. The zero-order chi connectivity index (χ0) is 10.9. The van der Waals surface area contributed by atoms with Crippen LogP contribution >= 0.6 is 0 Å². The predicted octanol–water partition coefficient (Wildman–Crippen LogP) is 2.54. The minimum absolute atomic E-state index is 0.106. The Labute approximate surface area is 80.2 Å². The van der Waals surface area contributed by atoms with E-state index < -0.39 is 23.1 Å². The molecule has 1 radical (unpaired) electrons.